The van der Waals surface area contributed by atoms with Gasteiger partial charge >= 0.3 is 5.97 Å². The number of aliphatic hydroxyl groups is 2. The van der Waals surface area contributed by atoms with E-state index in [9.17, 15) is 15.0 Å². The molecule has 12 nitrogen and oxygen atoms in total. The Morgan fingerprint density at radius 2 is 1.95 bits per heavy atom. The highest BCUT2D eigenvalue weighted by atomic mass is 16.7. The topological polar surface area (TPSA) is 150 Å². The van der Waals surface area contributed by atoms with Crippen molar-refractivity contribution in [3.8, 4) is 11.5 Å². The van der Waals surface area contributed by atoms with E-state index in [4.69, 9.17) is 18.9 Å². The first kappa shape index (κ1) is 26.1. The third kappa shape index (κ3) is 5.66. The number of esters is 1. The Morgan fingerprint density at radius 3 is 2.82 bits per heavy atom. The maximum absolute atomic E-state index is 12.1. The summed E-state index contributed by atoms with van der Waals surface area (Å²) in [5.74, 6) is 1.57. The Labute approximate surface area is 219 Å². The second-order valence-corrected chi connectivity index (χ2v) is 9.48. The van der Waals surface area contributed by atoms with Crippen LogP contribution < -0.4 is 14.8 Å². The molecule has 0 bridgehead atoms. The number of rotatable bonds is 12. The molecule has 3 aromatic rings. The van der Waals surface area contributed by atoms with E-state index in [1.165, 1.54) is 12.7 Å². The Hall–Kier alpha value is -3.48. The van der Waals surface area contributed by atoms with Crippen molar-refractivity contribution in [1.82, 2.24) is 19.5 Å². The van der Waals surface area contributed by atoms with E-state index < -0.39 is 24.5 Å². The lowest BCUT2D eigenvalue weighted by Crippen LogP contribution is -2.34. The minimum absolute atomic E-state index is 0.146. The van der Waals surface area contributed by atoms with Gasteiger partial charge in [0.25, 0.3) is 0 Å². The van der Waals surface area contributed by atoms with Crippen molar-refractivity contribution in [1.29, 1.82) is 0 Å². The molecule has 12 heteroatoms. The standard InChI is InChI=1S/C26H33N5O7/c1-2-3-4-5-6-7-20(32)35-12-19-22(33)23(34)26(38-19)31-14-30-21-24(28-13-29-25(21)31)27-11-16-8-9-17-18(10-16)37-15-36-17/h8-10,13-14,19,22-23,26,33-34H,2-7,11-12,15H2,1H3,(H,27,28,29)/t19-,22-,23-,26-/m1/s1. The molecule has 3 N–H and O–H groups in total. The predicted molar refractivity (Wildman–Crippen MR) is 135 cm³/mol. The summed E-state index contributed by atoms with van der Waals surface area (Å²) in [6, 6.07) is 5.69. The number of aliphatic hydroxyl groups excluding tert-OH is 2. The van der Waals surface area contributed by atoms with Crippen molar-refractivity contribution >= 4 is 23.0 Å². The van der Waals surface area contributed by atoms with Gasteiger partial charge in [-0.25, -0.2) is 15.0 Å². The van der Waals surface area contributed by atoms with Gasteiger partial charge < -0.3 is 34.5 Å². The second kappa shape index (κ2) is 11.9. The number of unbranched alkanes of at least 4 members (excludes halogenated alkanes) is 4. The van der Waals surface area contributed by atoms with Gasteiger partial charge in [0, 0.05) is 13.0 Å². The van der Waals surface area contributed by atoms with Crippen LogP contribution in [0.25, 0.3) is 11.2 Å². The zero-order valence-corrected chi connectivity index (χ0v) is 21.3. The zero-order chi connectivity index (χ0) is 26.5. The van der Waals surface area contributed by atoms with E-state index in [0.29, 0.717) is 41.4 Å². The van der Waals surface area contributed by atoms with Crippen LogP contribution in [0.2, 0.25) is 0 Å². The fourth-order valence-corrected chi connectivity index (χ4v) is 4.62. The Bertz CT molecular complexity index is 1250. The van der Waals surface area contributed by atoms with Crippen LogP contribution in [0.15, 0.2) is 30.9 Å². The number of aromatic nitrogens is 4. The van der Waals surface area contributed by atoms with Crippen molar-refractivity contribution < 1.29 is 34.0 Å². The van der Waals surface area contributed by atoms with E-state index >= 15 is 0 Å². The van der Waals surface area contributed by atoms with Crippen molar-refractivity contribution in [2.75, 3.05) is 18.7 Å². The smallest absolute Gasteiger partial charge is 0.305 e. The molecule has 1 fully saturated rings. The molecule has 5 rings (SSSR count). The number of benzene rings is 1. The summed E-state index contributed by atoms with van der Waals surface area (Å²) in [5, 5.41) is 24.5. The van der Waals surface area contributed by atoms with Gasteiger partial charge in [0.2, 0.25) is 6.79 Å². The molecule has 0 saturated carbocycles. The van der Waals surface area contributed by atoms with Crippen LogP contribution in [0.1, 0.15) is 57.2 Å². The molecule has 204 valence electrons. The molecule has 2 aliphatic rings. The fourth-order valence-electron chi connectivity index (χ4n) is 4.62. The maximum atomic E-state index is 12.1. The molecule has 0 spiro atoms. The lowest BCUT2D eigenvalue weighted by molar-refractivity contribution is -0.150. The number of carbonyl (C=O) groups is 1. The molecule has 2 aromatic heterocycles. The minimum atomic E-state index is -1.26. The highest BCUT2D eigenvalue weighted by Crippen LogP contribution is 2.34. The number of hydrogen-bond donors (Lipinski definition) is 3. The first-order valence-electron chi connectivity index (χ1n) is 13.0. The van der Waals surface area contributed by atoms with Crippen molar-refractivity contribution in [3.63, 3.8) is 0 Å². The molecular formula is C26H33N5O7. The van der Waals surface area contributed by atoms with Gasteiger partial charge in [-0.05, 0) is 24.1 Å². The third-order valence-electron chi connectivity index (χ3n) is 6.76. The predicted octanol–water partition coefficient (Wildman–Crippen LogP) is 2.69. The van der Waals surface area contributed by atoms with Gasteiger partial charge in [0.15, 0.2) is 34.7 Å². The largest absolute Gasteiger partial charge is 0.463 e. The molecule has 0 unspecified atom stereocenters. The van der Waals surface area contributed by atoms with Gasteiger partial charge in [-0.3, -0.25) is 9.36 Å². The number of fused-ring (bicyclic) bond motifs is 2. The number of nitrogens with zero attached hydrogens (tertiary/aromatic N) is 4. The molecular weight excluding hydrogens is 494 g/mol. The van der Waals surface area contributed by atoms with Crippen molar-refractivity contribution in [2.45, 2.75) is 76.5 Å². The van der Waals surface area contributed by atoms with Crippen LogP contribution in [0, 0.1) is 0 Å². The second-order valence-electron chi connectivity index (χ2n) is 9.48. The number of anilines is 1. The highest BCUT2D eigenvalue weighted by Gasteiger charge is 2.45. The van der Waals surface area contributed by atoms with E-state index in [2.05, 4.69) is 27.2 Å². The molecule has 4 heterocycles. The minimum Gasteiger partial charge on any atom is -0.463 e. The number of imidazole rings is 1. The molecule has 0 radical (unpaired) electrons. The maximum Gasteiger partial charge on any atom is 0.305 e. The molecule has 1 saturated heterocycles. The van der Waals surface area contributed by atoms with E-state index in [0.717, 1.165) is 37.7 Å². The Morgan fingerprint density at radius 1 is 1.11 bits per heavy atom. The monoisotopic (exact) mass is 527 g/mol. The summed E-state index contributed by atoms with van der Waals surface area (Å²) < 4.78 is 23.5. The van der Waals surface area contributed by atoms with Gasteiger partial charge in [-0.1, -0.05) is 38.7 Å². The SMILES string of the molecule is CCCCCCCC(=O)OC[C@H]1O[C@@H](n2cnc3c(NCc4ccc5c(c4)OCO5)ncnc32)[C@H](O)[C@@H]1O. The van der Waals surface area contributed by atoms with Crippen LogP contribution in [-0.4, -0.2) is 67.4 Å². The summed E-state index contributed by atoms with van der Waals surface area (Å²) in [4.78, 5) is 25.1. The summed E-state index contributed by atoms with van der Waals surface area (Å²) >= 11 is 0. The van der Waals surface area contributed by atoms with Crippen LogP contribution in [-0.2, 0) is 20.8 Å². The fraction of sp³-hybridized carbons (Fsp3) is 0.538. The number of ether oxygens (including phenoxy) is 4. The van der Waals surface area contributed by atoms with Crippen LogP contribution in [0.3, 0.4) is 0 Å². The summed E-state index contributed by atoms with van der Waals surface area (Å²) in [7, 11) is 0. The normalized spacial score (nSPS) is 22.2. The first-order valence-corrected chi connectivity index (χ1v) is 13.0. The average Bonchev–Trinajstić information content (AvgIpc) is 3.64. The number of hydrogen-bond acceptors (Lipinski definition) is 11. The van der Waals surface area contributed by atoms with Gasteiger partial charge in [0.1, 0.15) is 31.2 Å². The zero-order valence-electron chi connectivity index (χ0n) is 21.3. The van der Waals surface area contributed by atoms with E-state index in [1.807, 2.05) is 18.2 Å². The quantitative estimate of drug-likeness (QED) is 0.236. The summed E-state index contributed by atoms with van der Waals surface area (Å²) in [6.45, 7) is 2.67. The van der Waals surface area contributed by atoms with E-state index in [-0.39, 0.29) is 19.4 Å². The van der Waals surface area contributed by atoms with Gasteiger partial charge in [-0.15, -0.1) is 0 Å². The van der Waals surface area contributed by atoms with Gasteiger partial charge in [-0.2, -0.15) is 0 Å². The molecule has 2 aliphatic heterocycles. The highest BCUT2D eigenvalue weighted by molar-refractivity contribution is 5.82. The molecule has 1 aromatic carbocycles. The molecule has 0 aliphatic carbocycles. The lowest BCUT2D eigenvalue weighted by atomic mass is 10.1. The Kier molecular flexibility index (Phi) is 8.20. The van der Waals surface area contributed by atoms with Crippen molar-refractivity contribution in [3.05, 3.63) is 36.4 Å². The number of nitrogens with one attached hydrogen (secondary N) is 1. The van der Waals surface area contributed by atoms with Gasteiger partial charge in [0.05, 0.1) is 6.33 Å². The Balaban J connectivity index is 1.20. The lowest BCUT2D eigenvalue weighted by Gasteiger charge is -2.16. The third-order valence-corrected chi connectivity index (χ3v) is 6.76. The summed E-state index contributed by atoms with van der Waals surface area (Å²) in [5.41, 5.74) is 1.88. The van der Waals surface area contributed by atoms with E-state index in [1.54, 1.807) is 4.57 Å². The van der Waals surface area contributed by atoms with Crippen LogP contribution in [0.4, 0.5) is 5.82 Å². The number of carbonyl (C=O) groups excluding carboxylic acids is 1. The molecule has 4 atom stereocenters. The average molecular weight is 528 g/mol. The first-order chi connectivity index (χ1) is 18.5. The van der Waals surface area contributed by atoms with Crippen LogP contribution in [0.5, 0.6) is 11.5 Å². The molecule has 0 amide bonds. The molecule has 38 heavy (non-hydrogen) atoms. The summed E-state index contributed by atoms with van der Waals surface area (Å²) in [6.07, 6.45) is 4.01. The van der Waals surface area contributed by atoms with Crippen molar-refractivity contribution in [2.24, 2.45) is 0 Å². The van der Waals surface area contributed by atoms with Crippen LogP contribution >= 0.6 is 0 Å².